The number of ether oxygens (including phenoxy) is 1. The van der Waals surface area contributed by atoms with Crippen LogP contribution in [0, 0.1) is 0 Å². The molecule has 0 saturated carbocycles. The molecule has 0 fully saturated rings. The Balaban J connectivity index is 1.70. The molecule has 0 bridgehead atoms. The first-order valence-electron chi connectivity index (χ1n) is 9.19. The van der Waals surface area contributed by atoms with Crippen LogP contribution < -0.4 is 0 Å². The number of thiophene rings is 1. The third-order valence-electron chi connectivity index (χ3n) is 4.69. The summed E-state index contributed by atoms with van der Waals surface area (Å²) in [5.41, 5.74) is 2.11. The molecule has 0 saturated heterocycles. The predicted octanol–water partition coefficient (Wildman–Crippen LogP) is 9.01. The summed E-state index contributed by atoms with van der Waals surface area (Å²) < 4.78 is 8.23. The molecular formula is C22H13Cl5N2OS2. The first-order chi connectivity index (χ1) is 15.4. The van der Waals surface area contributed by atoms with Crippen molar-refractivity contribution in [1.82, 2.24) is 9.55 Å². The van der Waals surface area contributed by atoms with Crippen molar-refractivity contribution in [3.05, 3.63) is 96.1 Å². The van der Waals surface area contributed by atoms with Gasteiger partial charge >= 0.3 is 0 Å². The zero-order valence-electron chi connectivity index (χ0n) is 16.1. The number of thiocarbonyl (C=S) groups is 1. The SMILES string of the molecule is S=C(OC(Cn1ccnc1)c1ccccc1)c1sccc1-c1c(Cl)c(Cl)c(Cl)c(Cl)c1Cl. The summed E-state index contributed by atoms with van der Waals surface area (Å²) in [5, 5.41) is 2.94. The van der Waals surface area contributed by atoms with Gasteiger partial charge in [0.2, 0.25) is 5.05 Å². The van der Waals surface area contributed by atoms with Crippen LogP contribution in [-0.2, 0) is 11.3 Å². The van der Waals surface area contributed by atoms with E-state index in [1.165, 1.54) is 11.3 Å². The summed E-state index contributed by atoms with van der Waals surface area (Å²) in [7, 11) is 0. The molecule has 1 atom stereocenters. The van der Waals surface area contributed by atoms with Crippen LogP contribution in [0.4, 0.5) is 0 Å². The fourth-order valence-electron chi connectivity index (χ4n) is 3.15. The number of hydrogen-bond donors (Lipinski definition) is 0. The second kappa shape index (κ2) is 10.3. The minimum absolute atomic E-state index is 0.104. The number of hydrogen-bond acceptors (Lipinski definition) is 4. The van der Waals surface area contributed by atoms with Gasteiger partial charge in [-0.05, 0) is 29.2 Å². The van der Waals surface area contributed by atoms with Crippen LogP contribution in [0.1, 0.15) is 16.5 Å². The van der Waals surface area contributed by atoms with E-state index in [-0.39, 0.29) is 31.2 Å². The molecule has 0 spiro atoms. The lowest BCUT2D eigenvalue weighted by molar-refractivity contribution is 0.177. The van der Waals surface area contributed by atoms with E-state index in [0.29, 0.717) is 27.6 Å². The first-order valence-corrected chi connectivity index (χ1v) is 12.4. The summed E-state index contributed by atoms with van der Waals surface area (Å²) >= 11 is 38.8. The zero-order valence-corrected chi connectivity index (χ0v) is 21.5. The Morgan fingerprint density at radius 1 is 0.969 bits per heavy atom. The Morgan fingerprint density at radius 3 is 2.25 bits per heavy atom. The van der Waals surface area contributed by atoms with Crippen molar-refractivity contribution in [3.63, 3.8) is 0 Å². The predicted molar refractivity (Wildman–Crippen MR) is 139 cm³/mol. The Kier molecular flexibility index (Phi) is 7.68. The Hall–Kier alpha value is -1.31. The smallest absolute Gasteiger partial charge is 0.202 e. The monoisotopic (exact) mass is 560 g/mol. The van der Waals surface area contributed by atoms with Gasteiger partial charge in [-0.15, -0.1) is 11.3 Å². The molecule has 10 heteroatoms. The van der Waals surface area contributed by atoms with Crippen molar-refractivity contribution in [2.75, 3.05) is 0 Å². The maximum Gasteiger partial charge on any atom is 0.202 e. The van der Waals surface area contributed by atoms with Crippen molar-refractivity contribution in [3.8, 4) is 11.1 Å². The number of halogens is 5. The molecule has 164 valence electrons. The van der Waals surface area contributed by atoms with E-state index in [0.717, 1.165) is 5.56 Å². The Morgan fingerprint density at radius 2 is 1.62 bits per heavy atom. The molecule has 3 nitrogen and oxygen atoms in total. The third kappa shape index (κ3) is 4.80. The molecular weight excluding hydrogens is 550 g/mol. The van der Waals surface area contributed by atoms with Crippen LogP contribution in [0.3, 0.4) is 0 Å². The van der Waals surface area contributed by atoms with E-state index in [4.69, 9.17) is 75.0 Å². The molecule has 2 aromatic carbocycles. The lowest BCUT2D eigenvalue weighted by atomic mass is 10.1. The minimum Gasteiger partial charge on any atom is -0.472 e. The maximum atomic E-state index is 6.49. The molecule has 4 rings (SSSR count). The molecule has 0 N–H and O–H groups in total. The fraction of sp³-hybridized carbons (Fsp3) is 0.0909. The second-order valence-electron chi connectivity index (χ2n) is 6.67. The number of benzene rings is 2. The molecule has 32 heavy (non-hydrogen) atoms. The van der Waals surface area contributed by atoms with Crippen molar-refractivity contribution in [2.45, 2.75) is 12.6 Å². The highest BCUT2D eigenvalue weighted by molar-refractivity contribution is 7.80. The van der Waals surface area contributed by atoms with Crippen molar-refractivity contribution in [1.29, 1.82) is 0 Å². The second-order valence-corrected chi connectivity index (χ2v) is 9.85. The first kappa shape index (κ1) is 23.8. The summed E-state index contributed by atoms with van der Waals surface area (Å²) in [6, 6.07) is 11.7. The molecule has 0 aliphatic heterocycles. The van der Waals surface area contributed by atoms with E-state index in [2.05, 4.69) is 4.98 Å². The van der Waals surface area contributed by atoms with Gasteiger partial charge in [0.1, 0.15) is 6.10 Å². The highest BCUT2D eigenvalue weighted by Gasteiger charge is 2.25. The molecule has 1 unspecified atom stereocenters. The van der Waals surface area contributed by atoms with Gasteiger partial charge in [0.05, 0.1) is 42.9 Å². The van der Waals surface area contributed by atoms with E-state index in [1.54, 1.807) is 12.5 Å². The van der Waals surface area contributed by atoms with Gasteiger partial charge < -0.3 is 9.30 Å². The van der Waals surface area contributed by atoms with Crippen LogP contribution in [-0.4, -0.2) is 14.6 Å². The number of aromatic nitrogens is 2. The van der Waals surface area contributed by atoms with Gasteiger partial charge in [-0.3, -0.25) is 0 Å². The van der Waals surface area contributed by atoms with Crippen molar-refractivity contribution in [2.24, 2.45) is 0 Å². The highest BCUT2D eigenvalue weighted by atomic mass is 35.5. The van der Waals surface area contributed by atoms with Gasteiger partial charge in [-0.2, -0.15) is 0 Å². The van der Waals surface area contributed by atoms with Crippen LogP contribution in [0.5, 0.6) is 0 Å². The lowest BCUT2D eigenvalue weighted by Gasteiger charge is -2.21. The highest BCUT2D eigenvalue weighted by Crippen LogP contribution is 2.49. The Bertz CT molecular complexity index is 1230. The maximum absolute atomic E-state index is 6.49. The summed E-state index contributed by atoms with van der Waals surface area (Å²) in [5.74, 6) is 0. The van der Waals surface area contributed by atoms with Crippen LogP contribution in [0.2, 0.25) is 25.1 Å². The topological polar surface area (TPSA) is 27.1 Å². The molecule has 2 heterocycles. The molecule has 0 radical (unpaired) electrons. The summed E-state index contributed by atoms with van der Waals surface area (Å²) in [4.78, 5) is 4.79. The summed E-state index contributed by atoms with van der Waals surface area (Å²) in [6.45, 7) is 0.533. The standard InChI is InChI=1S/C22H13Cl5N2OS2/c23-16-15(17(24)19(26)20(27)18(16)25)13-6-9-32-21(13)22(31)30-14(10-29-8-7-28-11-29)12-4-2-1-3-5-12/h1-9,11,14H,10H2. The largest absolute Gasteiger partial charge is 0.472 e. The van der Waals surface area contributed by atoms with E-state index < -0.39 is 0 Å². The lowest BCUT2D eigenvalue weighted by Crippen LogP contribution is -2.16. The third-order valence-corrected chi connectivity index (χ3v) is 8.31. The summed E-state index contributed by atoms with van der Waals surface area (Å²) in [6.07, 6.45) is 4.98. The van der Waals surface area contributed by atoms with Crippen LogP contribution in [0.15, 0.2) is 60.5 Å². The average molecular weight is 563 g/mol. The Labute approximate surface area is 219 Å². The van der Waals surface area contributed by atoms with Gasteiger partial charge in [0.25, 0.3) is 0 Å². The van der Waals surface area contributed by atoms with Crippen molar-refractivity contribution >= 4 is 86.6 Å². The van der Waals surface area contributed by atoms with E-state index in [9.17, 15) is 0 Å². The molecule has 0 aliphatic rings. The van der Waals surface area contributed by atoms with Gasteiger partial charge in [0.15, 0.2) is 0 Å². The minimum atomic E-state index is -0.337. The van der Waals surface area contributed by atoms with E-state index >= 15 is 0 Å². The molecule has 0 amide bonds. The average Bonchev–Trinajstić information content (AvgIpc) is 3.49. The molecule has 0 aliphatic carbocycles. The number of nitrogens with zero attached hydrogens (tertiary/aromatic N) is 2. The number of imidazole rings is 1. The quantitative estimate of drug-likeness (QED) is 0.133. The van der Waals surface area contributed by atoms with E-state index in [1.807, 2.05) is 52.5 Å². The number of rotatable bonds is 6. The fourth-order valence-corrected chi connectivity index (χ4v) is 5.65. The van der Waals surface area contributed by atoms with Gasteiger partial charge in [0, 0.05) is 23.5 Å². The normalized spacial score (nSPS) is 12.0. The van der Waals surface area contributed by atoms with Gasteiger partial charge in [-0.1, -0.05) is 88.3 Å². The van der Waals surface area contributed by atoms with Crippen LogP contribution >= 0.6 is 81.6 Å². The molecule has 2 aromatic heterocycles. The zero-order chi connectivity index (χ0) is 22.8. The van der Waals surface area contributed by atoms with Crippen LogP contribution in [0.25, 0.3) is 11.1 Å². The van der Waals surface area contributed by atoms with Crippen molar-refractivity contribution < 1.29 is 4.74 Å². The molecule has 4 aromatic rings. The van der Waals surface area contributed by atoms with Gasteiger partial charge in [-0.25, -0.2) is 4.98 Å².